The number of nitrogens with zero attached hydrogens (tertiary/aromatic N) is 4. The lowest BCUT2D eigenvalue weighted by Gasteiger charge is -2.34. The minimum Gasteiger partial charge on any atom is -0.497 e. The summed E-state index contributed by atoms with van der Waals surface area (Å²) in [4.78, 5) is 12.7. The predicted molar refractivity (Wildman–Crippen MR) is 170 cm³/mol. The van der Waals surface area contributed by atoms with Crippen LogP contribution in [0.3, 0.4) is 0 Å². The lowest BCUT2D eigenvalue weighted by atomic mass is 9.95. The molecule has 218 valence electrons. The molecule has 0 bridgehead atoms. The zero-order chi connectivity index (χ0) is 28.0. The van der Waals surface area contributed by atoms with Crippen LogP contribution in [0, 0.1) is 11.8 Å². The standard InChI is InChI=1S/C34H46N6O/c1-38-17-19-40(20-18-38)31-7-3-28(4-8-31)33-21-30(22-34(37-33)29-5-9-32(41-2)10-6-29)36-24-26-12-15-39(16-13-26)25-27-11-14-35-23-27/h3-10,21-22,26-27,35H,11-20,23-25H2,1-2H3,(H,36,37). The van der Waals surface area contributed by atoms with E-state index in [0.29, 0.717) is 5.92 Å². The lowest BCUT2D eigenvalue weighted by molar-refractivity contribution is 0.168. The van der Waals surface area contributed by atoms with Crippen LogP contribution in [0.15, 0.2) is 60.7 Å². The molecular formula is C34H46N6O. The summed E-state index contributed by atoms with van der Waals surface area (Å²) < 4.78 is 5.39. The topological polar surface area (TPSA) is 55.9 Å². The first-order valence-corrected chi connectivity index (χ1v) is 15.5. The van der Waals surface area contributed by atoms with Crippen LogP contribution in [0.5, 0.6) is 5.75 Å². The van der Waals surface area contributed by atoms with Gasteiger partial charge in [0.25, 0.3) is 0 Å². The molecule has 2 aromatic carbocycles. The van der Waals surface area contributed by atoms with Gasteiger partial charge in [0.1, 0.15) is 5.75 Å². The monoisotopic (exact) mass is 554 g/mol. The minimum atomic E-state index is 0.705. The van der Waals surface area contributed by atoms with E-state index < -0.39 is 0 Å². The Morgan fingerprint density at radius 3 is 2.10 bits per heavy atom. The normalized spacial score (nSPS) is 20.8. The largest absolute Gasteiger partial charge is 0.497 e. The molecule has 1 aromatic heterocycles. The summed E-state index contributed by atoms with van der Waals surface area (Å²) >= 11 is 0. The Morgan fingerprint density at radius 2 is 1.49 bits per heavy atom. The van der Waals surface area contributed by atoms with Crippen molar-refractivity contribution in [2.75, 3.05) is 89.8 Å². The molecule has 7 heteroatoms. The number of benzene rings is 2. The predicted octanol–water partition coefficient (Wildman–Crippen LogP) is 4.91. The van der Waals surface area contributed by atoms with Gasteiger partial charge < -0.3 is 30.1 Å². The van der Waals surface area contributed by atoms with Crippen molar-refractivity contribution in [3.63, 3.8) is 0 Å². The molecule has 3 aliphatic heterocycles. The van der Waals surface area contributed by atoms with E-state index in [0.717, 1.165) is 72.6 Å². The molecule has 0 spiro atoms. The van der Waals surface area contributed by atoms with Crippen molar-refractivity contribution in [3.8, 4) is 28.3 Å². The van der Waals surface area contributed by atoms with Crippen LogP contribution in [-0.2, 0) is 0 Å². The summed E-state index contributed by atoms with van der Waals surface area (Å²) in [7, 11) is 3.91. The van der Waals surface area contributed by atoms with Gasteiger partial charge in [0, 0.05) is 61.8 Å². The Hall–Kier alpha value is -3.13. The molecule has 0 saturated carbocycles. The Balaban J connectivity index is 1.16. The molecule has 0 amide bonds. The second kappa shape index (κ2) is 13.2. The quantitative estimate of drug-likeness (QED) is 0.390. The third-order valence-corrected chi connectivity index (χ3v) is 9.22. The van der Waals surface area contributed by atoms with E-state index >= 15 is 0 Å². The SMILES string of the molecule is COc1ccc(-c2cc(NCC3CCN(CC4CCNC4)CC3)cc(-c3ccc(N4CCN(C)CC4)cc3)n2)cc1. The van der Waals surface area contributed by atoms with Crippen molar-refractivity contribution in [2.24, 2.45) is 11.8 Å². The fourth-order valence-corrected chi connectivity index (χ4v) is 6.47. The number of aromatic nitrogens is 1. The molecule has 6 rings (SSSR count). The Kier molecular flexibility index (Phi) is 9.04. The van der Waals surface area contributed by atoms with Gasteiger partial charge in [-0.15, -0.1) is 0 Å². The number of hydrogen-bond donors (Lipinski definition) is 2. The van der Waals surface area contributed by atoms with Gasteiger partial charge in [0.2, 0.25) is 0 Å². The van der Waals surface area contributed by atoms with E-state index in [2.05, 4.69) is 80.9 Å². The number of hydrogen-bond acceptors (Lipinski definition) is 7. The molecular weight excluding hydrogens is 508 g/mol. The summed E-state index contributed by atoms with van der Waals surface area (Å²) in [6.45, 7) is 11.5. The maximum atomic E-state index is 5.39. The molecule has 1 unspecified atom stereocenters. The van der Waals surface area contributed by atoms with Crippen LogP contribution in [0.2, 0.25) is 0 Å². The van der Waals surface area contributed by atoms with E-state index in [1.165, 1.54) is 57.7 Å². The smallest absolute Gasteiger partial charge is 0.118 e. The molecule has 2 N–H and O–H groups in total. The van der Waals surface area contributed by atoms with Crippen LogP contribution in [-0.4, -0.2) is 94.4 Å². The van der Waals surface area contributed by atoms with E-state index in [4.69, 9.17) is 9.72 Å². The first-order valence-electron chi connectivity index (χ1n) is 15.5. The van der Waals surface area contributed by atoms with Crippen molar-refractivity contribution in [1.29, 1.82) is 0 Å². The number of piperidine rings is 1. The van der Waals surface area contributed by atoms with Crippen molar-refractivity contribution >= 4 is 11.4 Å². The van der Waals surface area contributed by atoms with Crippen molar-refractivity contribution in [2.45, 2.75) is 19.3 Å². The van der Waals surface area contributed by atoms with Crippen LogP contribution in [0.1, 0.15) is 19.3 Å². The summed E-state index contributed by atoms with van der Waals surface area (Å²) in [6.07, 6.45) is 3.87. The molecule has 7 nitrogen and oxygen atoms in total. The summed E-state index contributed by atoms with van der Waals surface area (Å²) in [6, 6.07) is 21.6. The highest BCUT2D eigenvalue weighted by Crippen LogP contribution is 2.30. The molecule has 1 atom stereocenters. The number of likely N-dealkylation sites (tertiary alicyclic amines) is 1. The van der Waals surface area contributed by atoms with E-state index in [1.54, 1.807) is 7.11 Å². The van der Waals surface area contributed by atoms with Crippen molar-refractivity contribution < 1.29 is 4.74 Å². The molecule has 3 saturated heterocycles. The van der Waals surface area contributed by atoms with Gasteiger partial charge in [-0.3, -0.25) is 0 Å². The van der Waals surface area contributed by atoms with Gasteiger partial charge >= 0.3 is 0 Å². The number of rotatable bonds is 9. The fraction of sp³-hybridized carbons (Fsp3) is 0.500. The van der Waals surface area contributed by atoms with Gasteiger partial charge in [-0.05, 0) is 113 Å². The Labute approximate surface area is 245 Å². The molecule has 41 heavy (non-hydrogen) atoms. The van der Waals surface area contributed by atoms with Gasteiger partial charge in [-0.25, -0.2) is 4.98 Å². The maximum Gasteiger partial charge on any atom is 0.118 e. The average Bonchev–Trinajstić information content (AvgIpc) is 3.54. The van der Waals surface area contributed by atoms with Crippen LogP contribution in [0.25, 0.3) is 22.5 Å². The number of pyridine rings is 1. The third-order valence-electron chi connectivity index (χ3n) is 9.22. The van der Waals surface area contributed by atoms with E-state index in [-0.39, 0.29) is 0 Å². The molecule has 3 aromatic rings. The first-order chi connectivity index (χ1) is 20.1. The van der Waals surface area contributed by atoms with Crippen molar-refractivity contribution in [1.82, 2.24) is 20.1 Å². The Morgan fingerprint density at radius 1 is 0.829 bits per heavy atom. The number of anilines is 2. The zero-order valence-corrected chi connectivity index (χ0v) is 24.8. The van der Waals surface area contributed by atoms with Gasteiger partial charge in [0.15, 0.2) is 0 Å². The van der Waals surface area contributed by atoms with E-state index in [1.807, 2.05) is 12.1 Å². The molecule has 0 aliphatic carbocycles. The van der Waals surface area contributed by atoms with Gasteiger partial charge in [-0.2, -0.15) is 0 Å². The third kappa shape index (κ3) is 7.21. The molecule has 3 aliphatic rings. The molecule has 3 fully saturated rings. The van der Waals surface area contributed by atoms with Crippen LogP contribution >= 0.6 is 0 Å². The van der Waals surface area contributed by atoms with E-state index in [9.17, 15) is 0 Å². The average molecular weight is 555 g/mol. The fourth-order valence-electron chi connectivity index (χ4n) is 6.47. The number of ether oxygens (including phenoxy) is 1. The summed E-state index contributed by atoms with van der Waals surface area (Å²) in [5.41, 5.74) is 6.67. The van der Waals surface area contributed by atoms with Gasteiger partial charge in [-0.1, -0.05) is 12.1 Å². The highest BCUT2D eigenvalue weighted by molar-refractivity contribution is 5.73. The second-order valence-corrected chi connectivity index (χ2v) is 12.2. The summed E-state index contributed by atoms with van der Waals surface area (Å²) in [5.74, 6) is 2.40. The first kappa shape index (κ1) is 28.0. The molecule has 4 heterocycles. The minimum absolute atomic E-state index is 0.705. The van der Waals surface area contributed by atoms with Crippen molar-refractivity contribution in [3.05, 3.63) is 60.7 Å². The maximum absolute atomic E-state index is 5.39. The number of piperazine rings is 1. The van der Waals surface area contributed by atoms with Crippen LogP contribution in [0.4, 0.5) is 11.4 Å². The van der Waals surface area contributed by atoms with Crippen LogP contribution < -0.4 is 20.3 Å². The highest BCUT2D eigenvalue weighted by atomic mass is 16.5. The zero-order valence-electron chi connectivity index (χ0n) is 24.8. The summed E-state index contributed by atoms with van der Waals surface area (Å²) in [5, 5.41) is 7.32. The second-order valence-electron chi connectivity index (χ2n) is 12.2. The number of methoxy groups -OCH3 is 1. The highest BCUT2D eigenvalue weighted by Gasteiger charge is 2.23. The molecule has 0 radical (unpaired) electrons. The Bertz CT molecular complexity index is 1240. The number of likely N-dealkylation sites (N-methyl/N-ethyl adjacent to an activating group) is 1. The number of nitrogens with one attached hydrogen (secondary N) is 2. The van der Waals surface area contributed by atoms with Gasteiger partial charge in [0.05, 0.1) is 18.5 Å². The lowest BCUT2D eigenvalue weighted by Crippen LogP contribution is -2.44.